The standard InChI is InChI=1S/C20H21N3O3S/c1-14(20(25)21-15-8-4-3-5-9-15)26-19(24)12-23-17-11-7-6-10-16(17)22-18(23)13-27-2/h3-11,14H,12-13H2,1-2H3,(H,21,25)/t14-/m1/s1. The quantitative estimate of drug-likeness (QED) is 0.633. The lowest BCUT2D eigenvalue weighted by atomic mass is 10.3. The Balaban J connectivity index is 1.67. The number of anilines is 1. The molecule has 3 rings (SSSR count). The molecule has 0 aliphatic rings. The Morgan fingerprint density at radius 3 is 2.59 bits per heavy atom. The Morgan fingerprint density at radius 2 is 1.85 bits per heavy atom. The van der Waals surface area contributed by atoms with Crippen molar-refractivity contribution in [3.05, 3.63) is 60.4 Å². The fraction of sp³-hybridized carbons (Fsp3) is 0.250. The van der Waals surface area contributed by atoms with E-state index in [2.05, 4.69) is 10.3 Å². The molecule has 0 bridgehead atoms. The van der Waals surface area contributed by atoms with Gasteiger partial charge in [-0.15, -0.1) is 0 Å². The summed E-state index contributed by atoms with van der Waals surface area (Å²) in [4.78, 5) is 29.2. The minimum absolute atomic E-state index is 0.0133. The van der Waals surface area contributed by atoms with Gasteiger partial charge < -0.3 is 14.6 Å². The number of imidazole rings is 1. The zero-order valence-corrected chi connectivity index (χ0v) is 16.0. The van der Waals surface area contributed by atoms with Crippen LogP contribution < -0.4 is 5.32 Å². The van der Waals surface area contributed by atoms with Crippen molar-refractivity contribution in [2.75, 3.05) is 11.6 Å². The number of hydrogen-bond acceptors (Lipinski definition) is 5. The van der Waals surface area contributed by atoms with Crippen LogP contribution in [0.3, 0.4) is 0 Å². The van der Waals surface area contributed by atoms with Gasteiger partial charge >= 0.3 is 5.97 Å². The van der Waals surface area contributed by atoms with Gasteiger partial charge in [-0.2, -0.15) is 11.8 Å². The molecule has 0 aliphatic heterocycles. The highest BCUT2D eigenvalue weighted by molar-refractivity contribution is 7.97. The fourth-order valence-corrected chi connectivity index (χ4v) is 3.20. The predicted octanol–water partition coefficient (Wildman–Crippen LogP) is 3.47. The molecule has 27 heavy (non-hydrogen) atoms. The number of hydrogen-bond donors (Lipinski definition) is 1. The lowest BCUT2D eigenvalue weighted by molar-refractivity contribution is -0.153. The van der Waals surface area contributed by atoms with Crippen LogP contribution in [0.25, 0.3) is 11.0 Å². The normalized spacial score (nSPS) is 11.9. The highest BCUT2D eigenvalue weighted by Crippen LogP contribution is 2.19. The number of amides is 1. The first-order valence-electron chi connectivity index (χ1n) is 8.57. The molecular weight excluding hydrogens is 362 g/mol. The van der Waals surface area contributed by atoms with Crippen molar-refractivity contribution in [3.63, 3.8) is 0 Å². The third-order valence-electron chi connectivity index (χ3n) is 4.01. The van der Waals surface area contributed by atoms with Crippen LogP contribution in [0.15, 0.2) is 54.6 Å². The molecule has 7 heteroatoms. The highest BCUT2D eigenvalue weighted by Gasteiger charge is 2.20. The van der Waals surface area contributed by atoms with Crippen molar-refractivity contribution >= 4 is 40.4 Å². The van der Waals surface area contributed by atoms with Gasteiger partial charge in [-0.3, -0.25) is 9.59 Å². The Labute approximate surface area is 161 Å². The molecule has 1 N–H and O–H groups in total. The lowest BCUT2D eigenvalue weighted by Gasteiger charge is -2.14. The third kappa shape index (κ3) is 4.68. The summed E-state index contributed by atoms with van der Waals surface area (Å²) < 4.78 is 7.18. The van der Waals surface area contributed by atoms with Crippen LogP contribution in [0.1, 0.15) is 12.7 Å². The van der Waals surface area contributed by atoms with Gasteiger partial charge in [-0.1, -0.05) is 30.3 Å². The molecule has 140 valence electrons. The zero-order chi connectivity index (χ0) is 19.2. The van der Waals surface area contributed by atoms with Gasteiger partial charge in [0.1, 0.15) is 12.4 Å². The zero-order valence-electron chi connectivity index (χ0n) is 15.2. The minimum atomic E-state index is -0.892. The lowest BCUT2D eigenvalue weighted by Crippen LogP contribution is -2.31. The van der Waals surface area contributed by atoms with Crippen LogP contribution in [0, 0.1) is 0 Å². The van der Waals surface area contributed by atoms with E-state index in [0.29, 0.717) is 11.4 Å². The summed E-state index contributed by atoms with van der Waals surface area (Å²) in [6, 6.07) is 16.7. The van der Waals surface area contributed by atoms with Crippen molar-refractivity contribution in [2.24, 2.45) is 0 Å². The van der Waals surface area contributed by atoms with Crippen LogP contribution in [-0.2, 0) is 26.6 Å². The monoisotopic (exact) mass is 383 g/mol. The number of fused-ring (bicyclic) bond motifs is 1. The number of aromatic nitrogens is 2. The van der Waals surface area contributed by atoms with Crippen LogP contribution in [-0.4, -0.2) is 33.8 Å². The average molecular weight is 383 g/mol. The number of benzene rings is 2. The summed E-state index contributed by atoms with van der Waals surface area (Å²) in [5, 5.41) is 2.73. The number of esters is 1. The Kier molecular flexibility index (Phi) is 6.13. The maximum absolute atomic E-state index is 12.4. The first-order chi connectivity index (χ1) is 13.1. The van der Waals surface area contributed by atoms with E-state index in [-0.39, 0.29) is 12.5 Å². The molecule has 0 spiro atoms. The number of ether oxygens (including phenoxy) is 1. The Bertz CT molecular complexity index is 940. The second kappa shape index (κ2) is 8.73. The van der Waals surface area contributed by atoms with Gasteiger partial charge in [0.05, 0.1) is 16.8 Å². The predicted molar refractivity (Wildman–Crippen MR) is 108 cm³/mol. The second-order valence-electron chi connectivity index (χ2n) is 6.02. The largest absolute Gasteiger partial charge is 0.451 e. The summed E-state index contributed by atoms with van der Waals surface area (Å²) >= 11 is 1.63. The number of para-hydroxylation sites is 3. The molecule has 1 heterocycles. The number of carbonyl (C=O) groups is 2. The molecule has 0 aliphatic carbocycles. The van der Waals surface area contributed by atoms with Crippen LogP contribution in [0.4, 0.5) is 5.69 Å². The molecule has 0 radical (unpaired) electrons. The van der Waals surface area contributed by atoms with Crippen LogP contribution >= 0.6 is 11.8 Å². The van der Waals surface area contributed by atoms with E-state index in [1.807, 2.05) is 53.3 Å². The molecule has 6 nitrogen and oxygen atoms in total. The fourth-order valence-electron chi connectivity index (χ4n) is 2.72. The Hall–Kier alpha value is -2.80. The summed E-state index contributed by atoms with van der Waals surface area (Å²) in [7, 11) is 0. The van der Waals surface area contributed by atoms with Crippen LogP contribution in [0.5, 0.6) is 0 Å². The number of nitrogens with zero attached hydrogens (tertiary/aromatic N) is 2. The summed E-state index contributed by atoms with van der Waals surface area (Å²) in [5.41, 5.74) is 2.37. The van der Waals surface area contributed by atoms with E-state index < -0.39 is 12.1 Å². The number of thioether (sulfide) groups is 1. The average Bonchev–Trinajstić information content (AvgIpc) is 3.00. The van der Waals surface area contributed by atoms with Gasteiger partial charge in [-0.05, 0) is 37.4 Å². The second-order valence-corrected chi connectivity index (χ2v) is 6.89. The van der Waals surface area contributed by atoms with E-state index in [4.69, 9.17) is 4.74 Å². The van der Waals surface area contributed by atoms with Gasteiger partial charge in [0, 0.05) is 5.69 Å². The summed E-state index contributed by atoms with van der Waals surface area (Å²) in [6.07, 6.45) is 1.09. The van der Waals surface area contributed by atoms with E-state index in [1.165, 1.54) is 0 Å². The molecule has 0 saturated heterocycles. The number of rotatable bonds is 7. The van der Waals surface area contributed by atoms with Crippen molar-refractivity contribution in [1.29, 1.82) is 0 Å². The van der Waals surface area contributed by atoms with Crippen molar-refractivity contribution in [2.45, 2.75) is 25.3 Å². The minimum Gasteiger partial charge on any atom is -0.451 e. The molecular formula is C20H21N3O3S. The van der Waals surface area contributed by atoms with E-state index >= 15 is 0 Å². The molecule has 1 amide bonds. The maximum atomic E-state index is 12.4. The molecule has 0 unspecified atom stereocenters. The van der Waals surface area contributed by atoms with Crippen molar-refractivity contribution in [3.8, 4) is 0 Å². The smallest absolute Gasteiger partial charge is 0.326 e. The number of carbonyl (C=O) groups excluding carboxylic acids is 2. The summed E-state index contributed by atoms with van der Waals surface area (Å²) in [5.74, 6) is 0.652. The first-order valence-corrected chi connectivity index (χ1v) is 9.96. The van der Waals surface area contributed by atoms with E-state index in [0.717, 1.165) is 16.9 Å². The molecule has 0 fully saturated rings. The molecule has 3 aromatic rings. The van der Waals surface area contributed by atoms with Gasteiger partial charge in [0.15, 0.2) is 6.10 Å². The van der Waals surface area contributed by atoms with Gasteiger partial charge in [-0.25, -0.2) is 4.98 Å². The third-order valence-corrected chi connectivity index (χ3v) is 4.56. The van der Waals surface area contributed by atoms with Gasteiger partial charge in [0.25, 0.3) is 5.91 Å². The first kappa shape index (κ1) is 19.0. The van der Waals surface area contributed by atoms with Gasteiger partial charge in [0.2, 0.25) is 0 Å². The molecule has 0 saturated carbocycles. The van der Waals surface area contributed by atoms with E-state index in [9.17, 15) is 9.59 Å². The topological polar surface area (TPSA) is 73.2 Å². The molecule has 2 aromatic carbocycles. The highest BCUT2D eigenvalue weighted by atomic mass is 32.2. The van der Waals surface area contributed by atoms with E-state index in [1.54, 1.807) is 30.8 Å². The number of nitrogens with one attached hydrogen (secondary N) is 1. The molecule has 1 atom stereocenters. The molecule has 1 aromatic heterocycles. The maximum Gasteiger partial charge on any atom is 0.326 e. The summed E-state index contributed by atoms with van der Waals surface area (Å²) in [6.45, 7) is 1.57. The van der Waals surface area contributed by atoms with Crippen LogP contribution in [0.2, 0.25) is 0 Å². The van der Waals surface area contributed by atoms with Crippen molar-refractivity contribution in [1.82, 2.24) is 9.55 Å². The Morgan fingerprint density at radius 1 is 1.15 bits per heavy atom. The van der Waals surface area contributed by atoms with Crippen molar-refractivity contribution < 1.29 is 14.3 Å². The SMILES string of the molecule is CSCc1nc2ccccc2n1CC(=O)O[C@H](C)C(=O)Nc1ccccc1.